The molecule has 23 heavy (non-hydrogen) atoms. The molecule has 2 heterocycles. The summed E-state index contributed by atoms with van der Waals surface area (Å²) in [7, 11) is 0. The molecule has 2 aliphatic rings. The smallest absolute Gasteiger partial charge is 0.259 e. The van der Waals surface area contributed by atoms with E-state index in [0.29, 0.717) is 35.3 Å². The Morgan fingerprint density at radius 1 is 1.30 bits per heavy atom. The minimum atomic E-state index is -0.0388. The van der Waals surface area contributed by atoms with Gasteiger partial charge in [0.05, 0.1) is 17.8 Å². The molecule has 1 atom stereocenters. The number of carbonyl (C=O) groups excluding carboxylic acids is 1. The Morgan fingerprint density at radius 2 is 2.13 bits per heavy atom. The highest BCUT2D eigenvalue weighted by Gasteiger charge is 2.36. The van der Waals surface area contributed by atoms with E-state index in [9.17, 15) is 4.79 Å². The van der Waals surface area contributed by atoms with Crippen LogP contribution in [0.3, 0.4) is 0 Å². The maximum atomic E-state index is 12.7. The summed E-state index contributed by atoms with van der Waals surface area (Å²) in [5.74, 6) is 1.76. The van der Waals surface area contributed by atoms with Gasteiger partial charge in [0.15, 0.2) is 5.76 Å². The van der Waals surface area contributed by atoms with Gasteiger partial charge in [-0.15, -0.1) is 0 Å². The summed E-state index contributed by atoms with van der Waals surface area (Å²) >= 11 is 6.12. The van der Waals surface area contributed by atoms with Crippen molar-refractivity contribution in [1.82, 2.24) is 10.1 Å². The van der Waals surface area contributed by atoms with E-state index in [2.05, 4.69) is 5.16 Å². The lowest BCUT2D eigenvalue weighted by atomic mass is 10.2. The maximum absolute atomic E-state index is 12.7. The Labute approximate surface area is 139 Å². The van der Waals surface area contributed by atoms with E-state index in [0.717, 1.165) is 25.0 Å². The summed E-state index contributed by atoms with van der Waals surface area (Å²) in [6.45, 7) is 1.22. The first-order valence-corrected chi connectivity index (χ1v) is 8.25. The van der Waals surface area contributed by atoms with Gasteiger partial charge in [-0.05, 0) is 25.0 Å². The van der Waals surface area contributed by atoms with Crippen LogP contribution in [0, 0.1) is 0 Å². The van der Waals surface area contributed by atoms with Gasteiger partial charge in [-0.25, -0.2) is 0 Å². The predicted molar refractivity (Wildman–Crippen MR) is 84.9 cm³/mol. The fraction of sp³-hybridized carbons (Fsp3) is 0.412. The number of hydrogen-bond donors (Lipinski definition) is 0. The van der Waals surface area contributed by atoms with E-state index in [1.807, 2.05) is 18.2 Å². The molecule has 1 aliphatic carbocycles. The second-order valence-corrected chi connectivity index (χ2v) is 6.50. The summed E-state index contributed by atoms with van der Waals surface area (Å²) in [5.41, 5.74) is 0.603. The van der Waals surface area contributed by atoms with E-state index >= 15 is 0 Å². The molecule has 1 amide bonds. The molecule has 1 aromatic heterocycles. The number of likely N-dealkylation sites (tertiary alicyclic amines) is 1. The van der Waals surface area contributed by atoms with Crippen LogP contribution in [0.25, 0.3) is 0 Å². The fourth-order valence-corrected chi connectivity index (χ4v) is 3.13. The van der Waals surface area contributed by atoms with E-state index < -0.39 is 0 Å². The summed E-state index contributed by atoms with van der Waals surface area (Å²) in [6.07, 6.45) is 4.45. The van der Waals surface area contributed by atoms with Crippen LogP contribution in [0.5, 0.6) is 5.75 Å². The molecule has 2 aromatic rings. The molecule has 0 radical (unpaired) electrons. The molecule has 4 rings (SSSR count). The molecule has 0 bridgehead atoms. The zero-order valence-electron chi connectivity index (χ0n) is 12.6. The van der Waals surface area contributed by atoms with Gasteiger partial charge in [0, 0.05) is 18.9 Å². The lowest BCUT2D eigenvalue weighted by Crippen LogP contribution is -2.31. The minimum absolute atomic E-state index is 0.0154. The zero-order chi connectivity index (χ0) is 15.8. The average molecular weight is 333 g/mol. The number of benzene rings is 1. The summed E-state index contributed by atoms with van der Waals surface area (Å²) in [6, 6.07) is 7.40. The van der Waals surface area contributed by atoms with E-state index in [1.165, 1.54) is 6.20 Å². The Kier molecular flexibility index (Phi) is 3.73. The van der Waals surface area contributed by atoms with Crippen molar-refractivity contribution in [3.63, 3.8) is 0 Å². The van der Waals surface area contributed by atoms with Crippen LogP contribution >= 0.6 is 11.6 Å². The molecule has 5 nitrogen and oxygen atoms in total. The third-order valence-corrected chi connectivity index (χ3v) is 4.65. The monoisotopic (exact) mass is 332 g/mol. The third kappa shape index (κ3) is 2.93. The molecule has 1 saturated heterocycles. The van der Waals surface area contributed by atoms with Crippen molar-refractivity contribution >= 4 is 17.5 Å². The Balaban J connectivity index is 1.43. The van der Waals surface area contributed by atoms with Crippen LogP contribution < -0.4 is 4.74 Å². The molecule has 1 aliphatic heterocycles. The first kappa shape index (κ1) is 14.6. The Hall–Kier alpha value is -2.01. The van der Waals surface area contributed by atoms with Gasteiger partial charge in [-0.2, -0.15) is 0 Å². The maximum Gasteiger partial charge on any atom is 0.259 e. The predicted octanol–water partition coefficient (Wildman–Crippen LogP) is 3.50. The van der Waals surface area contributed by atoms with E-state index in [1.54, 1.807) is 11.0 Å². The lowest BCUT2D eigenvalue weighted by Gasteiger charge is -2.17. The number of hydrogen-bond acceptors (Lipinski definition) is 4. The van der Waals surface area contributed by atoms with Gasteiger partial charge in [-0.3, -0.25) is 4.79 Å². The second kappa shape index (κ2) is 5.89. The quantitative estimate of drug-likeness (QED) is 0.860. The van der Waals surface area contributed by atoms with Crippen molar-refractivity contribution in [2.24, 2.45) is 0 Å². The largest absolute Gasteiger partial charge is 0.487 e. The molecule has 1 saturated carbocycles. The Morgan fingerprint density at radius 3 is 2.91 bits per heavy atom. The van der Waals surface area contributed by atoms with E-state index in [-0.39, 0.29) is 12.0 Å². The molecule has 0 unspecified atom stereocenters. The summed E-state index contributed by atoms with van der Waals surface area (Å²) in [4.78, 5) is 14.5. The highest BCUT2D eigenvalue weighted by atomic mass is 35.5. The number of aromatic nitrogens is 1. The number of nitrogens with zero attached hydrogens (tertiary/aromatic N) is 2. The number of ether oxygens (including phenoxy) is 1. The normalized spacial score (nSPS) is 20.7. The van der Waals surface area contributed by atoms with Crippen molar-refractivity contribution in [1.29, 1.82) is 0 Å². The SMILES string of the molecule is O=C(c1cnoc1C1CC1)N1CC[C@H](Oc2ccccc2Cl)C1. The standard InChI is InChI=1S/C17H17ClN2O3/c18-14-3-1-2-4-15(14)22-12-7-8-20(10-12)17(21)13-9-19-23-16(13)11-5-6-11/h1-4,9,11-12H,5-8,10H2/t12-/m0/s1. The molecule has 2 fully saturated rings. The second-order valence-electron chi connectivity index (χ2n) is 6.09. The highest BCUT2D eigenvalue weighted by Crippen LogP contribution is 2.42. The topological polar surface area (TPSA) is 55.6 Å². The van der Waals surface area contributed by atoms with Crippen LogP contribution in [-0.2, 0) is 0 Å². The van der Waals surface area contributed by atoms with Crippen LogP contribution in [-0.4, -0.2) is 35.2 Å². The van der Waals surface area contributed by atoms with Gasteiger partial charge in [0.25, 0.3) is 5.91 Å². The van der Waals surface area contributed by atoms with Crippen LogP contribution in [0.15, 0.2) is 35.0 Å². The highest BCUT2D eigenvalue weighted by molar-refractivity contribution is 6.32. The summed E-state index contributed by atoms with van der Waals surface area (Å²) < 4.78 is 11.2. The number of para-hydroxylation sites is 1. The van der Waals surface area contributed by atoms with Gasteiger partial charge in [0.2, 0.25) is 0 Å². The molecule has 0 N–H and O–H groups in total. The number of carbonyl (C=O) groups is 1. The van der Waals surface area contributed by atoms with E-state index in [4.69, 9.17) is 20.9 Å². The molecular formula is C17H17ClN2O3. The molecule has 6 heteroatoms. The molecule has 1 aromatic carbocycles. The summed E-state index contributed by atoms with van der Waals surface area (Å²) in [5, 5.41) is 4.39. The Bertz CT molecular complexity index is 726. The van der Waals surface area contributed by atoms with Crippen molar-refractivity contribution in [3.05, 3.63) is 46.8 Å². The number of rotatable bonds is 4. The van der Waals surface area contributed by atoms with Crippen molar-refractivity contribution in [2.45, 2.75) is 31.3 Å². The third-order valence-electron chi connectivity index (χ3n) is 4.34. The van der Waals surface area contributed by atoms with Gasteiger partial charge >= 0.3 is 0 Å². The zero-order valence-corrected chi connectivity index (χ0v) is 13.3. The number of amides is 1. The van der Waals surface area contributed by atoms with Crippen LogP contribution in [0.2, 0.25) is 5.02 Å². The fourth-order valence-electron chi connectivity index (χ4n) is 2.95. The molecule has 120 valence electrons. The first-order chi connectivity index (χ1) is 11.2. The average Bonchev–Trinajstić information content (AvgIpc) is 3.10. The van der Waals surface area contributed by atoms with Crippen molar-refractivity contribution in [2.75, 3.05) is 13.1 Å². The van der Waals surface area contributed by atoms with Crippen LogP contribution in [0.4, 0.5) is 0 Å². The van der Waals surface area contributed by atoms with Gasteiger partial charge < -0.3 is 14.2 Å². The van der Waals surface area contributed by atoms with Gasteiger partial charge in [-0.1, -0.05) is 28.9 Å². The van der Waals surface area contributed by atoms with Crippen molar-refractivity contribution < 1.29 is 14.1 Å². The minimum Gasteiger partial charge on any atom is -0.487 e. The first-order valence-electron chi connectivity index (χ1n) is 7.87. The lowest BCUT2D eigenvalue weighted by molar-refractivity contribution is 0.0770. The molecule has 0 spiro atoms. The van der Waals surface area contributed by atoms with Crippen molar-refractivity contribution in [3.8, 4) is 5.75 Å². The van der Waals surface area contributed by atoms with Crippen LogP contribution in [0.1, 0.15) is 41.3 Å². The van der Waals surface area contributed by atoms with Gasteiger partial charge in [0.1, 0.15) is 17.4 Å². The number of halogens is 1. The molecular weight excluding hydrogens is 316 g/mol.